The zero-order valence-electron chi connectivity index (χ0n) is 12.6. The van der Waals surface area contributed by atoms with Crippen LogP contribution in [0.3, 0.4) is 0 Å². The number of hydrogen-bond donors (Lipinski definition) is 0. The van der Waals surface area contributed by atoms with Crippen molar-refractivity contribution < 1.29 is 4.43 Å². The Balaban J connectivity index is 2.41. The maximum absolute atomic E-state index is 5.94. The molecule has 0 saturated carbocycles. The fraction of sp³-hybridized carbons (Fsp3) is 0.333. The predicted octanol–water partition coefficient (Wildman–Crippen LogP) is 3.50. The first-order chi connectivity index (χ1) is 9.47. The van der Waals surface area contributed by atoms with Gasteiger partial charge in [-0.15, -0.1) is 0 Å². The van der Waals surface area contributed by atoms with Gasteiger partial charge in [-0.2, -0.15) is 5.10 Å². The van der Waals surface area contributed by atoms with Crippen molar-refractivity contribution in [2.45, 2.75) is 26.9 Å². The normalized spacial score (nSPS) is 12.0. The van der Waals surface area contributed by atoms with Crippen LogP contribution in [-0.4, -0.2) is 24.5 Å². The van der Waals surface area contributed by atoms with E-state index in [1.165, 1.54) is 0 Å². The number of aryl methyl sites for hydroxylation is 2. The Morgan fingerprint density at radius 2 is 2.10 bits per heavy atom. The van der Waals surface area contributed by atoms with Crippen LogP contribution in [0.5, 0.6) is 5.75 Å². The Morgan fingerprint density at radius 1 is 1.35 bits per heavy atom. The molecule has 5 heteroatoms. The van der Waals surface area contributed by atoms with Gasteiger partial charge in [0.1, 0.15) is 11.4 Å². The second-order valence-electron chi connectivity index (χ2n) is 5.03. The van der Waals surface area contributed by atoms with Crippen molar-refractivity contribution in [1.82, 2.24) is 9.78 Å². The molecule has 1 aromatic heterocycles. The van der Waals surface area contributed by atoms with Crippen molar-refractivity contribution in [3.05, 3.63) is 41.7 Å². The summed E-state index contributed by atoms with van der Waals surface area (Å²) in [6.07, 6.45) is 3.79. The van der Waals surface area contributed by atoms with Crippen LogP contribution in [0.15, 0.2) is 35.6 Å². The maximum atomic E-state index is 5.94. The minimum atomic E-state index is -0.806. The van der Waals surface area contributed by atoms with Crippen LogP contribution in [0.25, 0.3) is 0 Å². The van der Waals surface area contributed by atoms with Gasteiger partial charge in [-0.3, -0.25) is 4.68 Å². The minimum Gasteiger partial charge on any atom is -0.541 e. The zero-order chi connectivity index (χ0) is 14.7. The van der Waals surface area contributed by atoms with E-state index in [-0.39, 0.29) is 0 Å². The Bertz CT molecular complexity index is 632. The Morgan fingerprint density at radius 3 is 2.70 bits per heavy atom. The molecule has 0 spiro atoms. The van der Waals surface area contributed by atoms with E-state index in [0.29, 0.717) is 0 Å². The van der Waals surface area contributed by atoms with Crippen molar-refractivity contribution in [1.29, 1.82) is 0 Å². The first kappa shape index (κ1) is 14.5. The molecule has 0 atom stereocenters. The molecule has 0 N–H and O–H groups in total. The molecule has 0 bridgehead atoms. The van der Waals surface area contributed by atoms with Crippen LogP contribution in [0, 0.1) is 6.92 Å². The number of benzene rings is 1. The summed E-state index contributed by atoms with van der Waals surface area (Å²) in [7, 11) is 1.10. The lowest BCUT2D eigenvalue weighted by Crippen LogP contribution is -2.11. The highest BCUT2D eigenvalue weighted by atomic mass is 28.3. The number of rotatable bonds is 4. The molecule has 20 heavy (non-hydrogen) atoms. The number of aliphatic imine (C=N–C) groups is 1. The van der Waals surface area contributed by atoms with Crippen molar-refractivity contribution in [3.8, 4) is 5.75 Å². The van der Waals surface area contributed by atoms with E-state index < -0.39 is 9.04 Å². The van der Waals surface area contributed by atoms with Gasteiger partial charge in [0.25, 0.3) is 9.04 Å². The average Bonchev–Trinajstić information content (AvgIpc) is 2.79. The van der Waals surface area contributed by atoms with Gasteiger partial charge in [-0.1, -0.05) is 12.1 Å². The molecule has 0 unspecified atom stereocenters. The highest BCUT2D eigenvalue weighted by molar-refractivity contribution is 6.49. The zero-order valence-corrected chi connectivity index (χ0v) is 13.6. The van der Waals surface area contributed by atoms with Crippen LogP contribution in [0.2, 0.25) is 13.1 Å². The summed E-state index contributed by atoms with van der Waals surface area (Å²) in [5.41, 5.74) is 4.01. The molecule has 105 valence electrons. The first-order valence-electron chi connectivity index (χ1n) is 6.59. The topological polar surface area (TPSA) is 39.4 Å². The summed E-state index contributed by atoms with van der Waals surface area (Å²) in [6, 6.07) is 6.05. The van der Waals surface area contributed by atoms with E-state index in [0.717, 1.165) is 28.3 Å². The molecule has 0 saturated heterocycles. The summed E-state index contributed by atoms with van der Waals surface area (Å²) in [5.74, 6) is 0.868. The minimum absolute atomic E-state index is 0.806. The summed E-state index contributed by atoms with van der Waals surface area (Å²) >= 11 is 0. The van der Waals surface area contributed by atoms with Gasteiger partial charge >= 0.3 is 0 Å². The molecular weight excluding hydrogens is 266 g/mol. The molecule has 2 aromatic rings. The number of aromatic nitrogens is 2. The summed E-state index contributed by atoms with van der Waals surface area (Å²) in [6.45, 7) is 8.29. The molecule has 0 amide bonds. The molecule has 1 heterocycles. The summed E-state index contributed by atoms with van der Waals surface area (Å²) < 4.78 is 7.72. The fourth-order valence-corrected chi connectivity index (χ4v) is 2.52. The lowest BCUT2D eigenvalue weighted by Gasteiger charge is -2.13. The van der Waals surface area contributed by atoms with Crippen LogP contribution >= 0.6 is 0 Å². The van der Waals surface area contributed by atoms with E-state index in [4.69, 9.17) is 9.42 Å². The summed E-state index contributed by atoms with van der Waals surface area (Å²) in [5, 5.41) is 4.18. The van der Waals surface area contributed by atoms with Gasteiger partial charge in [0, 0.05) is 24.5 Å². The molecule has 1 aromatic carbocycles. The highest BCUT2D eigenvalue weighted by Crippen LogP contribution is 2.32. The van der Waals surface area contributed by atoms with Crippen LogP contribution in [0.4, 0.5) is 5.69 Å². The molecule has 0 aliphatic carbocycles. The van der Waals surface area contributed by atoms with Gasteiger partial charge in [0.05, 0.1) is 6.20 Å². The van der Waals surface area contributed by atoms with Crippen molar-refractivity contribution in [2.24, 2.45) is 12.0 Å². The number of nitrogens with zero attached hydrogens (tertiary/aromatic N) is 3. The van der Waals surface area contributed by atoms with Crippen LogP contribution < -0.4 is 4.43 Å². The standard InChI is InChI=1S/C15H20N3OSi/c1-11-7-6-8-14(19-20(4)5)15(11)17-12(2)13-9-16-18(3)10-13/h6-10H,1-5H3. The second kappa shape index (κ2) is 6.05. The van der Waals surface area contributed by atoms with Crippen LogP contribution in [0.1, 0.15) is 18.1 Å². The summed E-state index contributed by atoms with van der Waals surface area (Å²) in [4.78, 5) is 4.75. The van der Waals surface area contributed by atoms with E-state index in [9.17, 15) is 0 Å². The van der Waals surface area contributed by atoms with Gasteiger partial charge in [-0.05, 0) is 38.6 Å². The monoisotopic (exact) mass is 286 g/mol. The molecule has 0 aliphatic rings. The van der Waals surface area contributed by atoms with E-state index >= 15 is 0 Å². The Hall–Kier alpha value is -1.88. The number of para-hydroxylation sites is 1. The number of hydrogen-bond acceptors (Lipinski definition) is 3. The highest BCUT2D eigenvalue weighted by Gasteiger charge is 2.10. The largest absolute Gasteiger partial charge is 0.541 e. The second-order valence-corrected chi connectivity index (χ2v) is 7.05. The lowest BCUT2D eigenvalue weighted by atomic mass is 10.1. The third-order valence-electron chi connectivity index (χ3n) is 2.92. The van der Waals surface area contributed by atoms with Gasteiger partial charge in [0.15, 0.2) is 0 Å². The van der Waals surface area contributed by atoms with Crippen molar-refractivity contribution >= 4 is 20.4 Å². The molecule has 2 rings (SSSR count). The van der Waals surface area contributed by atoms with Crippen molar-refractivity contribution in [3.63, 3.8) is 0 Å². The maximum Gasteiger partial charge on any atom is 0.274 e. The third-order valence-corrected chi connectivity index (χ3v) is 3.55. The van der Waals surface area contributed by atoms with Gasteiger partial charge < -0.3 is 4.43 Å². The molecule has 0 aliphatic heterocycles. The SMILES string of the molecule is CC(=Nc1c(C)cccc1O[Si](C)C)c1cnn(C)c1. The lowest BCUT2D eigenvalue weighted by molar-refractivity contribution is 0.581. The van der Waals surface area contributed by atoms with Crippen LogP contribution in [-0.2, 0) is 7.05 Å². The molecule has 4 nitrogen and oxygen atoms in total. The average molecular weight is 286 g/mol. The van der Waals surface area contributed by atoms with Gasteiger partial charge in [-0.25, -0.2) is 4.99 Å². The first-order valence-corrected chi connectivity index (χ1v) is 9.00. The van der Waals surface area contributed by atoms with Gasteiger partial charge in [0.2, 0.25) is 0 Å². The third kappa shape index (κ3) is 3.36. The van der Waals surface area contributed by atoms with E-state index in [1.807, 2.05) is 38.5 Å². The molecule has 0 fully saturated rings. The van der Waals surface area contributed by atoms with E-state index in [1.54, 1.807) is 4.68 Å². The van der Waals surface area contributed by atoms with E-state index in [2.05, 4.69) is 31.2 Å². The predicted molar refractivity (Wildman–Crippen MR) is 84.4 cm³/mol. The smallest absolute Gasteiger partial charge is 0.274 e. The fourth-order valence-electron chi connectivity index (χ4n) is 1.92. The quantitative estimate of drug-likeness (QED) is 0.637. The Labute approximate surface area is 121 Å². The molecular formula is C15H20N3OSi. The van der Waals surface area contributed by atoms with Crippen molar-refractivity contribution in [2.75, 3.05) is 0 Å². The Kier molecular flexibility index (Phi) is 4.39. The molecule has 1 radical (unpaired) electrons.